The molecule has 16 nitrogen and oxygen atoms in total. The van der Waals surface area contributed by atoms with Gasteiger partial charge < -0.3 is 49.8 Å². The Bertz CT molecular complexity index is 1950. The molecule has 4 aliphatic rings. The highest BCUT2D eigenvalue weighted by atomic mass is 32.2. The zero-order valence-electron chi connectivity index (χ0n) is 42.8. The number of esters is 1. The van der Waals surface area contributed by atoms with Gasteiger partial charge in [0, 0.05) is 63.4 Å². The van der Waals surface area contributed by atoms with Crippen LogP contribution < -0.4 is 10.6 Å². The normalized spacial score (nSPS) is 35.4. The van der Waals surface area contributed by atoms with Crippen LogP contribution in [0.25, 0.3) is 0 Å². The summed E-state index contributed by atoms with van der Waals surface area (Å²) < 4.78 is 24.5. The number of fused-ring (bicyclic) bond motifs is 3. The SMILES string of the molecule is CO[C@H]1C[C@@H](C)C/C(C)=C/[C@@H](CCCSCCNC(=O)CNc2ccccn2)C(=O)C[C@H](O)[C@@H](C)[C@H](/C(C)=C/[C@@H]2CC[C@@H](O)[C@H](C)C2)OC(=O)[C@@H]2CCCCN2C(=O)C(=O)[C@]2(O)O[C@H]1[C@@H](OC)C[C@H]2C. The molecule has 0 radical (unpaired) electrons. The number of ether oxygens (including phenoxy) is 4. The Morgan fingerprint density at radius 1 is 0.971 bits per heavy atom. The van der Waals surface area contributed by atoms with Gasteiger partial charge in [0.2, 0.25) is 11.7 Å². The summed E-state index contributed by atoms with van der Waals surface area (Å²) in [4.78, 5) is 75.5. The van der Waals surface area contributed by atoms with Gasteiger partial charge in [-0.1, -0.05) is 51.5 Å². The van der Waals surface area contributed by atoms with Gasteiger partial charge in [-0.15, -0.1) is 0 Å². The number of anilines is 1. The average molecular weight is 999 g/mol. The van der Waals surface area contributed by atoms with E-state index in [0.717, 1.165) is 24.2 Å². The summed E-state index contributed by atoms with van der Waals surface area (Å²) in [5.41, 5.74) is 1.66. The molecule has 0 aromatic carbocycles. The molecule has 3 aliphatic heterocycles. The van der Waals surface area contributed by atoms with Crippen molar-refractivity contribution in [1.82, 2.24) is 15.2 Å². The first-order chi connectivity index (χ1) is 33.4. The zero-order valence-corrected chi connectivity index (χ0v) is 43.6. The second-order valence-corrected chi connectivity index (χ2v) is 21.8. The summed E-state index contributed by atoms with van der Waals surface area (Å²) in [5, 5.41) is 40.6. The lowest BCUT2D eigenvalue weighted by Crippen LogP contribution is -2.64. The predicted octanol–water partition coefficient (Wildman–Crippen LogP) is 5.82. The molecular formula is C53H82N4O12S. The molecule has 70 heavy (non-hydrogen) atoms. The molecule has 2 amide bonds. The molecule has 14 atom stereocenters. The third kappa shape index (κ3) is 15.6. The summed E-state index contributed by atoms with van der Waals surface area (Å²) in [6, 6.07) is 4.30. The molecule has 2 saturated heterocycles. The fourth-order valence-electron chi connectivity index (χ4n) is 10.8. The number of allylic oxidation sites excluding steroid dienone is 3. The number of ketones is 2. The first kappa shape index (κ1) is 57.2. The van der Waals surface area contributed by atoms with Gasteiger partial charge in [-0.2, -0.15) is 11.8 Å². The van der Waals surface area contributed by atoms with Gasteiger partial charge in [-0.25, -0.2) is 9.78 Å². The van der Waals surface area contributed by atoms with Gasteiger partial charge >= 0.3 is 5.97 Å². The first-order valence-electron chi connectivity index (χ1n) is 25.6. The van der Waals surface area contributed by atoms with Gasteiger partial charge in [0.1, 0.15) is 29.9 Å². The van der Waals surface area contributed by atoms with Crippen molar-refractivity contribution in [1.29, 1.82) is 0 Å². The Morgan fingerprint density at radius 3 is 2.41 bits per heavy atom. The van der Waals surface area contributed by atoms with Crippen LogP contribution in [0.1, 0.15) is 119 Å². The number of nitrogens with zero attached hydrogens (tertiary/aromatic N) is 2. The molecule has 5 rings (SSSR count). The highest BCUT2D eigenvalue weighted by Gasteiger charge is 2.56. The number of nitrogens with one attached hydrogen (secondary N) is 2. The van der Waals surface area contributed by atoms with E-state index in [1.807, 2.05) is 45.1 Å². The number of rotatable bonds is 14. The van der Waals surface area contributed by atoms with Gasteiger partial charge in [0.05, 0.1) is 31.0 Å². The highest BCUT2D eigenvalue weighted by molar-refractivity contribution is 7.99. The number of methoxy groups -OCH3 is 2. The van der Waals surface area contributed by atoms with Crippen LogP contribution in [0, 0.1) is 35.5 Å². The number of piperidine rings is 1. The summed E-state index contributed by atoms with van der Waals surface area (Å²) >= 11 is 1.68. The number of aliphatic hydroxyl groups excluding tert-OH is 2. The maximum atomic E-state index is 14.5. The summed E-state index contributed by atoms with van der Waals surface area (Å²) in [6.07, 6.45) is 6.67. The summed E-state index contributed by atoms with van der Waals surface area (Å²) in [5.74, 6) is -5.67. The molecule has 392 valence electrons. The number of hydrogen-bond donors (Lipinski definition) is 5. The van der Waals surface area contributed by atoms with Crippen molar-refractivity contribution in [2.75, 3.05) is 50.7 Å². The predicted molar refractivity (Wildman–Crippen MR) is 268 cm³/mol. The van der Waals surface area contributed by atoms with Gasteiger partial charge in [-0.3, -0.25) is 19.2 Å². The molecule has 0 unspecified atom stereocenters. The number of carbonyl (C=O) groups is 5. The van der Waals surface area contributed by atoms with Crippen molar-refractivity contribution in [2.24, 2.45) is 35.5 Å². The van der Waals surface area contributed by atoms with Crippen molar-refractivity contribution in [3.05, 3.63) is 47.7 Å². The maximum absolute atomic E-state index is 14.5. The molecule has 1 saturated carbocycles. The smallest absolute Gasteiger partial charge is 0.329 e. The number of amides is 2. The third-order valence-electron chi connectivity index (χ3n) is 15.0. The molecule has 0 spiro atoms. The van der Waals surface area contributed by atoms with Crippen LogP contribution in [0.5, 0.6) is 0 Å². The molecular weight excluding hydrogens is 917 g/mol. The minimum Gasteiger partial charge on any atom is -0.456 e. The lowest BCUT2D eigenvalue weighted by molar-refractivity contribution is -0.302. The summed E-state index contributed by atoms with van der Waals surface area (Å²) in [6.45, 7) is 12.0. The standard InChI is InChI=1S/C53H82N4O12S/c1-32-24-33(2)26-44(66-7)49-45(67-8)29-36(5)53(65,69-49)50(62)51(63)57-21-12-10-15-40(57)52(64)68-48(35(4)28-38-17-18-41(58)34(3)27-38)37(6)42(59)30-43(60)39(25-32)14-13-22-70-23-20-55-47(61)31-56-46-16-9-11-19-54-46/h9,11,16,19,25,28,33-34,36-42,44-45,48-49,58-59,65H,10,12-15,17-18,20-24,26-27,29-31H2,1-8H3,(H,54,56)(H,55,61)/b32-25+,35-28+/t33-,34+,36+,37+,38+,39+,40-,41+,42-,44-,45-,48-,49+,53+/m0/s1. The molecule has 17 heteroatoms. The van der Waals surface area contributed by atoms with E-state index in [2.05, 4.69) is 22.5 Å². The fourth-order valence-corrected chi connectivity index (χ4v) is 11.6. The first-order valence-corrected chi connectivity index (χ1v) is 26.8. The Kier molecular flexibility index (Phi) is 22.4. The Balaban J connectivity index is 1.41. The Labute approximate surface area is 419 Å². The van der Waals surface area contributed by atoms with Crippen LogP contribution in [0.2, 0.25) is 0 Å². The molecule has 1 aliphatic carbocycles. The van der Waals surface area contributed by atoms with Gasteiger partial charge in [0.25, 0.3) is 11.7 Å². The number of aromatic nitrogens is 1. The van der Waals surface area contributed by atoms with Crippen molar-refractivity contribution >= 4 is 46.9 Å². The quantitative estimate of drug-likeness (QED) is 0.0641. The van der Waals surface area contributed by atoms with E-state index < -0.39 is 83.9 Å². The molecule has 1 aromatic rings. The Morgan fingerprint density at radius 2 is 1.71 bits per heavy atom. The van der Waals surface area contributed by atoms with Crippen molar-refractivity contribution < 1.29 is 58.2 Å². The molecule has 1 aromatic heterocycles. The fraction of sp³-hybridized carbons (Fsp3) is 0.736. The monoisotopic (exact) mass is 999 g/mol. The second kappa shape index (κ2) is 27.4. The minimum absolute atomic E-state index is 0.0179. The molecule has 5 N–H and O–H groups in total. The molecule has 3 fully saturated rings. The maximum Gasteiger partial charge on any atom is 0.329 e. The van der Waals surface area contributed by atoms with Crippen LogP contribution in [0.4, 0.5) is 5.82 Å². The second-order valence-electron chi connectivity index (χ2n) is 20.6. The van der Waals surface area contributed by atoms with Crippen LogP contribution >= 0.6 is 11.8 Å². The topological polar surface area (TPSA) is 223 Å². The number of pyridine rings is 1. The van der Waals surface area contributed by atoms with E-state index in [4.69, 9.17) is 18.9 Å². The number of Topliss-reactive ketones (excluding diaryl/α,β-unsaturated/α-hetero) is 2. The zero-order chi connectivity index (χ0) is 51.1. The number of cyclic esters (lactones) is 1. The molecule has 2 bridgehead atoms. The largest absolute Gasteiger partial charge is 0.456 e. The van der Waals surface area contributed by atoms with Gasteiger partial charge in [-0.05, 0) is 126 Å². The van der Waals surface area contributed by atoms with E-state index in [-0.39, 0.29) is 61.8 Å². The summed E-state index contributed by atoms with van der Waals surface area (Å²) in [7, 11) is 3.06. The van der Waals surface area contributed by atoms with E-state index in [1.54, 1.807) is 37.9 Å². The van der Waals surface area contributed by atoms with Gasteiger partial charge in [0.15, 0.2) is 0 Å². The van der Waals surface area contributed by atoms with Crippen LogP contribution in [0.3, 0.4) is 0 Å². The van der Waals surface area contributed by atoms with E-state index in [9.17, 15) is 39.3 Å². The number of carbonyl (C=O) groups excluding carboxylic acids is 5. The van der Waals surface area contributed by atoms with Crippen molar-refractivity contribution in [3.63, 3.8) is 0 Å². The van der Waals surface area contributed by atoms with E-state index in [1.165, 1.54) is 19.1 Å². The van der Waals surface area contributed by atoms with E-state index >= 15 is 0 Å². The van der Waals surface area contributed by atoms with Crippen LogP contribution in [0.15, 0.2) is 47.7 Å². The van der Waals surface area contributed by atoms with Crippen LogP contribution in [-0.2, 0) is 42.9 Å². The third-order valence-corrected chi connectivity index (χ3v) is 16.1. The number of aliphatic hydroxyl groups is 3. The van der Waals surface area contributed by atoms with Crippen LogP contribution in [-0.4, -0.2) is 148 Å². The minimum atomic E-state index is -2.53. The number of hydrogen-bond acceptors (Lipinski definition) is 15. The number of thioether (sulfide) groups is 1. The van der Waals surface area contributed by atoms with Crippen molar-refractivity contribution in [2.45, 2.75) is 167 Å². The van der Waals surface area contributed by atoms with E-state index in [0.29, 0.717) is 68.6 Å². The Hall–Kier alpha value is -3.71. The lowest BCUT2D eigenvalue weighted by atomic mass is 9.78. The highest BCUT2D eigenvalue weighted by Crippen LogP contribution is 2.39. The average Bonchev–Trinajstić information content (AvgIpc) is 3.34. The van der Waals surface area contributed by atoms with Crippen molar-refractivity contribution in [3.8, 4) is 0 Å². The lowest BCUT2D eigenvalue weighted by Gasteiger charge is -2.47. The molecule has 4 heterocycles.